The van der Waals surface area contributed by atoms with E-state index in [1.807, 2.05) is 35.9 Å². The lowest BCUT2D eigenvalue weighted by Crippen LogP contribution is -2.31. The highest BCUT2D eigenvalue weighted by molar-refractivity contribution is 5.94. The molecule has 1 aliphatic carbocycles. The van der Waals surface area contributed by atoms with Crippen molar-refractivity contribution in [3.05, 3.63) is 46.8 Å². The molecule has 6 heteroatoms. The maximum Gasteiger partial charge on any atom is 0.274 e. The summed E-state index contributed by atoms with van der Waals surface area (Å²) in [7, 11) is 0. The molecule has 2 heterocycles. The maximum absolute atomic E-state index is 12.9. The molecule has 4 rings (SSSR count). The third kappa shape index (κ3) is 2.34. The molecule has 1 aromatic carbocycles. The Bertz CT molecular complexity index is 789. The SMILES string of the molecule is Cc1ccccc1-n1nc(C(=O)N2C[C@H](O)[C@@H](O)C2)c2c1CCC2. The highest BCUT2D eigenvalue weighted by Gasteiger charge is 2.36. The van der Waals surface area contributed by atoms with Gasteiger partial charge in [-0.05, 0) is 37.8 Å². The van der Waals surface area contributed by atoms with Gasteiger partial charge in [0.05, 0.1) is 17.9 Å². The smallest absolute Gasteiger partial charge is 0.274 e. The van der Waals surface area contributed by atoms with E-state index in [2.05, 4.69) is 5.10 Å². The molecule has 1 aromatic heterocycles. The van der Waals surface area contributed by atoms with Crippen LogP contribution in [-0.4, -0.2) is 56.1 Å². The summed E-state index contributed by atoms with van der Waals surface area (Å²) in [5.74, 6) is -0.198. The summed E-state index contributed by atoms with van der Waals surface area (Å²) in [6.45, 7) is 2.35. The largest absolute Gasteiger partial charge is 0.388 e. The van der Waals surface area contributed by atoms with E-state index >= 15 is 0 Å². The number of carbonyl (C=O) groups is 1. The molecule has 1 aliphatic heterocycles. The molecule has 0 saturated carbocycles. The van der Waals surface area contributed by atoms with Crippen LogP contribution in [0.4, 0.5) is 0 Å². The van der Waals surface area contributed by atoms with Gasteiger partial charge in [0.25, 0.3) is 5.91 Å². The highest BCUT2D eigenvalue weighted by atomic mass is 16.3. The third-order valence-electron chi connectivity index (χ3n) is 5.02. The van der Waals surface area contributed by atoms with Crippen LogP contribution < -0.4 is 0 Å². The minimum Gasteiger partial charge on any atom is -0.388 e. The fourth-order valence-electron chi connectivity index (χ4n) is 3.69. The third-order valence-corrected chi connectivity index (χ3v) is 5.02. The van der Waals surface area contributed by atoms with Crippen molar-refractivity contribution in [1.29, 1.82) is 0 Å². The summed E-state index contributed by atoms with van der Waals surface area (Å²) < 4.78 is 1.90. The van der Waals surface area contributed by atoms with Crippen LogP contribution in [0.25, 0.3) is 5.69 Å². The molecule has 1 saturated heterocycles. The first-order valence-electron chi connectivity index (χ1n) is 8.38. The van der Waals surface area contributed by atoms with Gasteiger partial charge in [-0.2, -0.15) is 5.10 Å². The van der Waals surface area contributed by atoms with Crippen LogP contribution >= 0.6 is 0 Å². The van der Waals surface area contributed by atoms with Crippen molar-refractivity contribution in [2.24, 2.45) is 0 Å². The predicted octanol–water partition coefficient (Wildman–Crippen LogP) is 0.847. The maximum atomic E-state index is 12.9. The molecule has 2 N–H and O–H groups in total. The van der Waals surface area contributed by atoms with Gasteiger partial charge in [-0.15, -0.1) is 0 Å². The number of fused-ring (bicyclic) bond motifs is 1. The molecule has 2 aromatic rings. The van der Waals surface area contributed by atoms with Crippen molar-refractivity contribution < 1.29 is 15.0 Å². The standard InChI is InChI=1S/C18H21N3O3/c1-11-5-2-3-7-13(11)21-14-8-4-6-12(14)17(19-21)18(24)20-9-15(22)16(23)10-20/h2-3,5,7,15-16,22-23H,4,6,8-10H2,1H3/t15-,16-/m0/s1. The summed E-state index contributed by atoms with van der Waals surface area (Å²) in [6, 6.07) is 8.01. The van der Waals surface area contributed by atoms with Gasteiger partial charge >= 0.3 is 0 Å². The van der Waals surface area contributed by atoms with E-state index in [9.17, 15) is 15.0 Å². The summed E-state index contributed by atoms with van der Waals surface area (Å²) in [5.41, 5.74) is 4.69. The summed E-state index contributed by atoms with van der Waals surface area (Å²) in [4.78, 5) is 14.4. The second-order valence-corrected chi connectivity index (χ2v) is 6.67. The molecule has 2 atom stereocenters. The summed E-state index contributed by atoms with van der Waals surface area (Å²) >= 11 is 0. The van der Waals surface area contributed by atoms with Crippen molar-refractivity contribution in [3.8, 4) is 5.69 Å². The molecule has 2 aliphatic rings. The van der Waals surface area contributed by atoms with Crippen LogP contribution in [0.5, 0.6) is 0 Å². The number of rotatable bonds is 2. The molecule has 0 radical (unpaired) electrons. The van der Waals surface area contributed by atoms with Gasteiger partial charge in [-0.3, -0.25) is 4.79 Å². The number of aliphatic hydroxyl groups is 2. The minimum atomic E-state index is -0.875. The van der Waals surface area contributed by atoms with Crippen molar-refractivity contribution in [2.75, 3.05) is 13.1 Å². The van der Waals surface area contributed by atoms with Crippen molar-refractivity contribution in [3.63, 3.8) is 0 Å². The lowest BCUT2D eigenvalue weighted by atomic mass is 10.1. The van der Waals surface area contributed by atoms with E-state index in [0.29, 0.717) is 5.69 Å². The second kappa shape index (κ2) is 5.72. The summed E-state index contributed by atoms with van der Waals surface area (Å²) in [5, 5.41) is 24.0. The molecule has 0 spiro atoms. The number of amides is 1. The van der Waals surface area contributed by atoms with Gasteiger partial charge in [0.15, 0.2) is 5.69 Å². The monoisotopic (exact) mass is 327 g/mol. The van der Waals surface area contributed by atoms with Crippen LogP contribution in [0.15, 0.2) is 24.3 Å². The van der Waals surface area contributed by atoms with E-state index in [1.165, 1.54) is 4.90 Å². The molecule has 0 unspecified atom stereocenters. The number of nitrogens with zero attached hydrogens (tertiary/aromatic N) is 3. The molecule has 6 nitrogen and oxygen atoms in total. The first-order valence-corrected chi connectivity index (χ1v) is 8.38. The molecule has 126 valence electrons. The number of carbonyl (C=O) groups excluding carboxylic acids is 1. The predicted molar refractivity (Wildman–Crippen MR) is 88.2 cm³/mol. The normalized spacial score (nSPS) is 22.9. The number of aliphatic hydroxyl groups excluding tert-OH is 2. The first-order chi connectivity index (χ1) is 11.6. The number of hydrogen-bond donors (Lipinski definition) is 2. The van der Waals surface area contributed by atoms with E-state index in [4.69, 9.17) is 0 Å². The molecule has 1 amide bonds. The molecular weight excluding hydrogens is 306 g/mol. The fraction of sp³-hybridized carbons (Fsp3) is 0.444. The Morgan fingerprint density at radius 2 is 1.88 bits per heavy atom. The van der Waals surface area contributed by atoms with E-state index < -0.39 is 12.2 Å². The number of aryl methyl sites for hydroxylation is 1. The highest BCUT2D eigenvalue weighted by Crippen LogP contribution is 2.30. The molecular formula is C18H21N3O3. The average molecular weight is 327 g/mol. The lowest BCUT2D eigenvalue weighted by Gasteiger charge is -2.14. The first kappa shape index (κ1) is 15.4. The van der Waals surface area contributed by atoms with Crippen molar-refractivity contribution in [2.45, 2.75) is 38.4 Å². The Hall–Kier alpha value is -2.18. The van der Waals surface area contributed by atoms with Crippen molar-refractivity contribution >= 4 is 5.91 Å². The van der Waals surface area contributed by atoms with Crippen molar-refractivity contribution in [1.82, 2.24) is 14.7 Å². The Morgan fingerprint density at radius 3 is 2.58 bits per heavy atom. The number of para-hydroxylation sites is 1. The quantitative estimate of drug-likeness (QED) is 0.857. The zero-order valence-corrected chi connectivity index (χ0v) is 13.6. The molecule has 1 fully saturated rings. The van der Waals surface area contributed by atoms with Crippen LogP contribution in [0.1, 0.15) is 33.7 Å². The Morgan fingerprint density at radius 1 is 1.17 bits per heavy atom. The number of β-amino-alcohol motifs (C(OH)–C–C–N with tert-alkyl or cyclic N) is 2. The van der Waals surface area contributed by atoms with Gasteiger partial charge < -0.3 is 15.1 Å². The van der Waals surface area contributed by atoms with Crippen LogP contribution in [0, 0.1) is 6.92 Å². The van der Waals surface area contributed by atoms with E-state index in [0.717, 1.165) is 41.8 Å². The topological polar surface area (TPSA) is 78.6 Å². The lowest BCUT2D eigenvalue weighted by molar-refractivity contribution is 0.0572. The van der Waals surface area contributed by atoms with Gasteiger partial charge in [0.2, 0.25) is 0 Å². The minimum absolute atomic E-state index is 0.159. The van der Waals surface area contributed by atoms with E-state index in [1.54, 1.807) is 0 Å². The van der Waals surface area contributed by atoms with Crippen LogP contribution in [0.2, 0.25) is 0 Å². The summed E-state index contributed by atoms with van der Waals surface area (Å²) in [6.07, 6.45) is 1.03. The van der Waals surface area contributed by atoms with Gasteiger partial charge in [-0.1, -0.05) is 18.2 Å². The Balaban J connectivity index is 1.74. The van der Waals surface area contributed by atoms with Crippen LogP contribution in [-0.2, 0) is 12.8 Å². The number of benzene rings is 1. The van der Waals surface area contributed by atoms with Gasteiger partial charge in [0.1, 0.15) is 0 Å². The number of likely N-dealkylation sites (tertiary alicyclic amines) is 1. The molecule has 0 bridgehead atoms. The number of aromatic nitrogens is 2. The number of hydrogen-bond acceptors (Lipinski definition) is 4. The zero-order valence-electron chi connectivity index (χ0n) is 13.6. The fourth-order valence-corrected chi connectivity index (χ4v) is 3.69. The Kier molecular flexibility index (Phi) is 3.66. The van der Waals surface area contributed by atoms with Gasteiger partial charge in [-0.25, -0.2) is 4.68 Å². The van der Waals surface area contributed by atoms with E-state index in [-0.39, 0.29) is 19.0 Å². The average Bonchev–Trinajstić information content (AvgIpc) is 3.24. The van der Waals surface area contributed by atoms with Gasteiger partial charge in [0, 0.05) is 24.3 Å². The van der Waals surface area contributed by atoms with Crippen LogP contribution in [0.3, 0.4) is 0 Å². The second-order valence-electron chi connectivity index (χ2n) is 6.67. The zero-order chi connectivity index (χ0) is 16.8. The Labute approximate surface area is 140 Å². The molecule has 24 heavy (non-hydrogen) atoms.